The second kappa shape index (κ2) is 8.03. The molecule has 1 saturated heterocycles. The molecular formula is C24H26NO. The summed E-state index contributed by atoms with van der Waals surface area (Å²) in [7, 11) is 0. The summed E-state index contributed by atoms with van der Waals surface area (Å²) in [6.07, 6.45) is 2.17. The Morgan fingerprint density at radius 1 is 0.923 bits per heavy atom. The highest BCUT2D eigenvalue weighted by atomic mass is 16.5. The summed E-state index contributed by atoms with van der Waals surface area (Å²) in [4.78, 5) is 0. The zero-order valence-electron chi connectivity index (χ0n) is 15.2. The summed E-state index contributed by atoms with van der Waals surface area (Å²) in [5.41, 5.74) is 3.91. The molecule has 0 aliphatic carbocycles. The number of hydrogen-bond donors (Lipinski definition) is 1. The number of nitrogens with one attached hydrogen (secondary N) is 1. The molecule has 0 spiro atoms. The van der Waals surface area contributed by atoms with Crippen LogP contribution < -0.4 is 5.32 Å². The van der Waals surface area contributed by atoms with Crippen LogP contribution in [0.2, 0.25) is 0 Å². The number of hydrogen-bond acceptors (Lipinski definition) is 2. The SMILES string of the molecule is [CH2]Cc1ccc(C2CCNCC2OCc2ccc3ccccc3c2)cc1. The first-order valence-corrected chi connectivity index (χ1v) is 9.51. The monoisotopic (exact) mass is 344 g/mol. The van der Waals surface area contributed by atoms with Gasteiger partial charge in [0.2, 0.25) is 0 Å². The van der Waals surface area contributed by atoms with Crippen molar-refractivity contribution in [1.29, 1.82) is 0 Å². The molecule has 3 aromatic carbocycles. The zero-order chi connectivity index (χ0) is 17.8. The van der Waals surface area contributed by atoms with Crippen LogP contribution >= 0.6 is 0 Å². The largest absolute Gasteiger partial charge is 0.372 e. The maximum absolute atomic E-state index is 6.37. The molecule has 2 heteroatoms. The van der Waals surface area contributed by atoms with Crippen LogP contribution in [0.25, 0.3) is 10.8 Å². The molecule has 2 nitrogen and oxygen atoms in total. The standard InChI is InChI=1S/C24H26NO/c1-2-18-7-11-21(12-8-18)23-13-14-25-16-24(23)26-17-19-9-10-20-5-3-4-6-22(20)15-19/h3-12,15,23-25H,1-2,13-14,16-17H2. The molecule has 2 unspecified atom stereocenters. The van der Waals surface area contributed by atoms with E-state index in [1.807, 2.05) is 0 Å². The molecule has 1 aliphatic heterocycles. The molecule has 4 rings (SSSR count). The van der Waals surface area contributed by atoms with E-state index in [0.717, 1.165) is 25.9 Å². The Labute approximate surface area is 156 Å². The van der Waals surface area contributed by atoms with Gasteiger partial charge in [-0.25, -0.2) is 0 Å². The fourth-order valence-corrected chi connectivity index (χ4v) is 3.85. The minimum Gasteiger partial charge on any atom is -0.372 e. The molecule has 1 heterocycles. The predicted octanol–water partition coefficient (Wildman–Crippen LogP) is 4.88. The van der Waals surface area contributed by atoms with Gasteiger partial charge in [0.25, 0.3) is 0 Å². The highest BCUT2D eigenvalue weighted by Gasteiger charge is 2.27. The molecule has 0 aromatic heterocycles. The van der Waals surface area contributed by atoms with Gasteiger partial charge in [-0.15, -0.1) is 0 Å². The zero-order valence-corrected chi connectivity index (χ0v) is 15.2. The first-order chi connectivity index (χ1) is 12.8. The fourth-order valence-electron chi connectivity index (χ4n) is 3.85. The van der Waals surface area contributed by atoms with Gasteiger partial charge < -0.3 is 10.1 Å². The van der Waals surface area contributed by atoms with E-state index >= 15 is 0 Å². The summed E-state index contributed by atoms with van der Waals surface area (Å²) in [5, 5.41) is 6.04. The maximum atomic E-state index is 6.37. The van der Waals surface area contributed by atoms with Gasteiger partial charge in [-0.3, -0.25) is 0 Å². The summed E-state index contributed by atoms with van der Waals surface area (Å²) in [6, 6.07) is 24.0. The third-order valence-corrected chi connectivity index (χ3v) is 5.40. The lowest BCUT2D eigenvalue weighted by Crippen LogP contribution is -2.40. The third-order valence-electron chi connectivity index (χ3n) is 5.40. The van der Waals surface area contributed by atoms with E-state index < -0.39 is 0 Å². The van der Waals surface area contributed by atoms with Crippen molar-refractivity contribution in [3.05, 3.63) is 90.3 Å². The van der Waals surface area contributed by atoms with Crippen molar-refractivity contribution in [1.82, 2.24) is 5.32 Å². The first kappa shape index (κ1) is 17.3. The summed E-state index contributed by atoms with van der Waals surface area (Å²) >= 11 is 0. The van der Waals surface area contributed by atoms with Gasteiger partial charge in [0.1, 0.15) is 0 Å². The van der Waals surface area contributed by atoms with Crippen molar-refractivity contribution in [3.8, 4) is 0 Å². The van der Waals surface area contributed by atoms with Crippen LogP contribution in [0.15, 0.2) is 66.7 Å². The van der Waals surface area contributed by atoms with Crippen molar-refractivity contribution >= 4 is 10.8 Å². The van der Waals surface area contributed by atoms with E-state index in [1.165, 1.54) is 27.5 Å². The van der Waals surface area contributed by atoms with Gasteiger partial charge in [-0.1, -0.05) is 60.7 Å². The smallest absolute Gasteiger partial charge is 0.0772 e. The number of piperidine rings is 1. The molecule has 133 valence electrons. The predicted molar refractivity (Wildman–Crippen MR) is 108 cm³/mol. The van der Waals surface area contributed by atoms with Crippen molar-refractivity contribution < 1.29 is 4.74 Å². The molecule has 3 aromatic rings. The van der Waals surface area contributed by atoms with Crippen LogP contribution in [0.5, 0.6) is 0 Å². The Kier molecular flexibility index (Phi) is 5.33. The van der Waals surface area contributed by atoms with Crippen molar-refractivity contribution in [2.45, 2.75) is 31.5 Å². The third kappa shape index (κ3) is 3.82. The van der Waals surface area contributed by atoms with Gasteiger partial charge in [0, 0.05) is 12.5 Å². The average Bonchev–Trinajstić information content (AvgIpc) is 2.72. The van der Waals surface area contributed by atoms with Gasteiger partial charge >= 0.3 is 0 Å². The molecule has 0 saturated carbocycles. The van der Waals surface area contributed by atoms with Gasteiger partial charge in [0.05, 0.1) is 12.7 Å². The molecule has 1 N–H and O–H groups in total. The second-order valence-electron chi connectivity index (χ2n) is 7.12. The van der Waals surface area contributed by atoms with Crippen LogP contribution in [0.4, 0.5) is 0 Å². The van der Waals surface area contributed by atoms with Gasteiger partial charge in [-0.05, 0) is 59.8 Å². The van der Waals surface area contributed by atoms with E-state index in [0.29, 0.717) is 12.5 Å². The van der Waals surface area contributed by atoms with Crippen molar-refractivity contribution in [2.24, 2.45) is 0 Å². The Morgan fingerprint density at radius 2 is 1.69 bits per heavy atom. The number of benzene rings is 3. The van der Waals surface area contributed by atoms with Crippen LogP contribution in [-0.4, -0.2) is 19.2 Å². The molecule has 1 aliphatic rings. The quantitative estimate of drug-likeness (QED) is 0.712. The lowest BCUT2D eigenvalue weighted by molar-refractivity contribution is 0.0106. The first-order valence-electron chi connectivity index (χ1n) is 9.51. The van der Waals surface area contributed by atoms with Crippen LogP contribution in [0, 0.1) is 6.92 Å². The molecule has 0 bridgehead atoms. The Morgan fingerprint density at radius 3 is 2.50 bits per heavy atom. The summed E-state index contributed by atoms with van der Waals surface area (Å²) in [5.74, 6) is 0.454. The minimum atomic E-state index is 0.209. The summed E-state index contributed by atoms with van der Waals surface area (Å²) < 4.78 is 6.37. The Hall–Kier alpha value is -2.16. The summed E-state index contributed by atoms with van der Waals surface area (Å²) in [6.45, 7) is 6.59. The van der Waals surface area contributed by atoms with E-state index in [9.17, 15) is 0 Å². The van der Waals surface area contributed by atoms with Crippen LogP contribution in [0.1, 0.15) is 29.0 Å². The van der Waals surface area contributed by atoms with Crippen LogP contribution in [0.3, 0.4) is 0 Å². The normalized spacial score (nSPS) is 20.3. The minimum absolute atomic E-state index is 0.209. The molecule has 26 heavy (non-hydrogen) atoms. The maximum Gasteiger partial charge on any atom is 0.0772 e. The van der Waals surface area contributed by atoms with Crippen molar-refractivity contribution in [3.63, 3.8) is 0 Å². The molecule has 2 atom stereocenters. The number of rotatable bonds is 5. The van der Waals surface area contributed by atoms with Gasteiger partial charge in [0.15, 0.2) is 0 Å². The Bertz CT molecular complexity index is 855. The van der Waals surface area contributed by atoms with Crippen molar-refractivity contribution in [2.75, 3.05) is 13.1 Å². The number of fused-ring (bicyclic) bond motifs is 1. The van der Waals surface area contributed by atoms with E-state index in [2.05, 4.69) is 79.0 Å². The highest BCUT2D eigenvalue weighted by molar-refractivity contribution is 5.82. The fraction of sp³-hybridized carbons (Fsp3) is 0.292. The van der Waals surface area contributed by atoms with E-state index in [1.54, 1.807) is 0 Å². The molecular weight excluding hydrogens is 318 g/mol. The van der Waals surface area contributed by atoms with Gasteiger partial charge in [-0.2, -0.15) is 0 Å². The Balaban J connectivity index is 1.47. The van der Waals surface area contributed by atoms with Crippen LogP contribution in [-0.2, 0) is 17.8 Å². The van der Waals surface area contributed by atoms with E-state index in [4.69, 9.17) is 4.74 Å². The molecule has 1 radical (unpaired) electrons. The molecule has 0 amide bonds. The number of ether oxygens (including phenoxy) is 1. The second-order valence-corrected chi connectivity index (χ2v) is 7.12. The topological polar surface area (TPSA) is 21.3 Å². The average molecular weight is 344 g/mol. The highest BCUT2D eigenvalue weighted by Crippen LogP contribution is 2.29. The molecule has 1 fully saturated rings. The lowest BCUT2D eigenvalue weighted by Gasteiger charge is -2.32. The lowest BCUT2D eigenvalue weighted by atomic mass is 9.87. The van der Waals surface area contributed by atoms with E-state index in [-0.39, 0.29) is 6.10 Å².